The number of amidine groups is 1. The lowest BCUT2D eigenvalue weighted by atomic mass is 10.1. The summed E-state index contributed by atoms with van der Waals surface area (Å²) in [7, 11) is 3.55. The Labute approximate surface area is 161 Å². The average Bonchev–Trinajstić information content (AvgIpc) is 3.06. The van der Waals surface area contributed by atoms with Gasteiger partial charge in [0.1, 0.15) is 0 Å². The van der Waals surface area contributed by atoms with Crippen molar-refractivity contribution < 1.29 is 0 Å². The molecule has 2 aromatic rings. The molecule has 0 saturated heterocycles. The normalized spacial score (nSPS) is 14.4. The maximum absolute atomic E-state index is 7.08. The van der Waals surface area contributed by atoms with E-state index in [1.807, 2.05) is 47.7 Å². The summed E-state index contributed by atoms with van der Waals surface area (Å²) in [6.45, 7) is 2.32. The summed E-state index contributed by atoms with van der Waals surface area (Å²) < 4.78 is 1.30. The van der Waals surface area contributed by atoms with E-state index in [2.05, 4.69) is 28.9 Å². The van der Waals surface area contributed by atoms with Crippen molar-refractivity contribution in [1.82, 2.24) is 4.90 Å². The molecule has 1 atom stereocenters. The van der Waals surface area contributed by atoms with Gasteiger partial charge < -0.3 is 10.3 Å². The Hall–Kier alpha value is -1.11. The molecule has 2 N–H and O–H groups in total. The van der Waals surface area contributed by atoms with Gasteiger partial charge in [0.25, 0.3) is 0 Å². The van der Waals surface area contributed by atoms with Crippen molar-refractivity contribution in [2.24, 2.45) is 5.92 Å². The van der Waals surface area contributed by atoms with Crippen molar-refractivity contribution in [3.8, 4) is 0 Å². The van der Waals surface area contributed by atoms with Crippen LogP contribution in [0.15, 0.2) is 46.3 Å². The minimum atomic E-state index is 0.389. The van der Waals surface area contributed by atoms with Gasteiger partial charge in [-0.15, -0.1) is 11.3 Å². The van der Waals surface area contributed by atoms with Crippen molar-refractivity contribution in [3.05, 3.63) is 56.7 Å². The Balaban J connectivity index is 0.000000187. The number of rotatable bonds is 1. The Morgan fingerprint density at radius 1 is 1.21 bits per heavy atom. The van der Waals surface area contributed by atoms with Gasteiger partial charge in [0.2, 0.25) is 0 Å². The van der Waals surface area contributed by atoms with Gasteiger partial charge in [0.05, 0.1) is 9.33 Å². The highest BCUT2D eigenvalue weighted by molar-refractivity contribution is 9.11. The summed E-state index contributed by atoms with van der Waals surface area (Å²) in [5, 5.41) is 14.1. The molecule has 0 saturated carbocycles. The van der Waals surface area contributed by atoms with E-state index in [4.69, 9.17) is 10.8 Å². The molecule has 1 aromatic heterocycles. The highest BCUT2D eigenvalue weighted by Crippen LogP contribution is 2.35. The highest BCUT2D eigenvalue weighted by Gasteiger charge is 2.19. The molecular formula is C18H24BrN3S2. The third-order valence-corrected chi connectivity index (χ3v) is 5.62. The zero-order valence-electron chi connectivity index (χ0n) is 14.3. The van der Waals surface area contributed by atoms with E-state index in [1.54, 1.807) is 29.4 Å². The van der Waals surface area contributed by atoms with Crippen LogP contribution in [0.4, 0.5) is 0 Å². The second kappa shape index (κ2) is 11.4. The second-order valence-electron chi connectivity index (χ2n) is 5.60. The summed E-state index contributed by atoms with van der Waals surface area (Å²) in [5.41, 5.74) is 2.71. The average molecular weight is 426 g/mol. The SMILES string of the molecule is CC1Cc2cc(Br)sc2C1.CN(C)C(=N)SC=N.c1ccccc1. The number of hydrogen-bond donors (Lipinski definition) is 2. The van der Waals surface area contributed by atoms with Gasteiger partial charge in [-0.1, -0.05) is 43.3 Å². The van der Waals surface area contributed by atoms with Crippen molar-refractivity contribution >= 4 is 49.7 Å². The number of nitrogens with one attached hydrogen (secondary N) is 2. The second-order valence-corrected chi connectivity index (χ2v) is 8.98. The standard InChI is InChI=1S/C8H9BrS.C6H6.C4H9N3S/c1-5-2-6-4-8(9)10-7(6)3-5;1-2-4-6-5-3-1;1-7(2)4(6)8-3-5/h4-5H,2-3H2,1H3;1-6H;3,5-6H,1-2H3. The van der Waals surface area contributed by atoms with Crippen LogP contribution in [-0.4, -0.2) is 29.7 Å². The summed E-state index contributed by atoms with van der Waals surface area (Å²) >= 11 is 6.48. The van der Waals surface area contributed by atoms with E-state index in [9.17, 15) is 0 Å². The molecule has 130 valence electrons. The maximum Gasteiger partial charge on any atom is 0.161 e. The van der Waals surface area contributed by atoms with E-state index in [-0.39, 0.29) is 0 Å². The number of halogens is 1. The van der Waals surface area contributed by atoms with Crippen molar-refractivity contribution in [2.75, 3.05) is 14.1 Å². The molecule has 1 aliphatic carbocycles. The Bertz CT molecular complexity index is 576. The lowest BCUT2D eigenvalue weighted by Gasteiger charge is -2.08. The Kier molecular flexibility index (Phi) is 9.98. The van der Waals surface area contributed by atoms with Crippen LogP contribution in [-0.2, 0) is 12.8 Å². The predicted octanol–water partition coefficient (Wildman–Crippen LogP) is 5.75. The predicted molar refractivity (Wildman–Crippen MR) is 113 cm³/mol. The number of thioether (sulfide) groups is 1. The number of benzene rings is 1. The van der Waals surface area contributed by atoms with Gasteiger partial charge in [0.15, 0.2) is 5.17 Å². The van der Waals surface area contributed by atoms with E-state index in [0.29, 0.717) is 5.17 Å². The number of nitrogens with zero attached hydrogens (tertiary/aromatic N) is 1. The third kappa shape index (κ3) is 8.13. The van der Waals surface area contributed by atoms with Gasteiger partial charge in [-0.25, -0.2) is 0 Å². The van der Waals surface area contributed by atoms with Crippen LogP contribution in [0.5, 0.6) is 0 Å². The first kappa shape index (κ1) is 20.9. The molecule has 1 unspecified atom stereocenters. The van der Waals surface area contributed by atoms with Crippen LogP contribution in [0.1, 0.15) is 17.4 Å². The molecule has 0 bridgehead atoms. The monoisotopic (exact) mass is 425 g/mol. The maximum atomic E-state index is 7.08. The molecule has 0 fully saturated rings. The smallest absolute Gasteiger partial charge is 0.161 e. The van der Waals surface area contributed by atoms with Crippen molar-refractivity contribution in [2.45, 2.75) is 19.8 Å². The highest BCUT2D eigenvalue weighted by atomic mass is 79.9. The van der Waals surface area contributed by atoms with E-state index in [0.717, 1.165) is 23.2 Å². The fraction of sp³-hybridized carbons (Fsp3) is 0.333. The lowest BCUT2D eigenvalue weighted by molar-refractivity contribution is 0.629. The van der Waals surface area contributed by atoms with E-state index < -0.39 is 0 Å². The largest absolute Gasteiger partial charge is 0.357 e. The molecule has 1 aliphatic rings. The molecule has 3 nitrogen and oxygen atoms in total. The molecule has 3 rings (SSSR count). The molecule has 1 aromatic carbocycles. The molecule has 24 heavy (non-hydrogen) atoms. The minimum absolute atomic E-state index is 0.389. The Morgan fingerprint density at radius 2 is 1.75 bits per heavy atom. The van der Waals surface area contributed by atoms with Gasteiger partial charge in [-0.2, -0.15) is 0 Å². The molecule has 0 amide bonds. The number of thiophene rings is 1. The van der Waals surface area contributed by atoms with E-state index >= 15 is 0 Å². The topological polar surface area (TPSA) is 50.9 Å². The summed E-state index contributed by atoms with van der Waals surface area (Å²) in [6.07, 6.45) is 2.59. The first-order chi connectivity index (χ1) is 11.4. The van der Waals surface area contributed by atoms with Crippen LogP contribution in [0.25, 0.3) is 0 Å². The first-order valence-corrected chi connectivity index (χ1v) is 10.1. The fourth-order valence-electron chi connectivity index (χ4n) is 2.09. The van der Waals surface area contributed by atoms with Crippen LogP contribution in [0.3, 0.4) is 0 Å². The molecule has 0 aliphatic heterocycles. The van der Waals surface area contributed by atoms with Crippen LogP contribution in [0.2, 0.25) is 0 Å². The fourth-order valence-corrected chi connectivity index (χ4v) is 4.35. The molecule has 0 spiro atoms. The minimum Gasteiger partial charge on any atom is -0.357 e. The van der Waals surface area contributed by atoms with Crippen molar-refractivity contribution in [3.63, 3.8) is 0 Å². The third-order valence-electron chi connectivity index (χ3n) is 3.21. The quantitative estimate of drug-likeness (QED) is 0.450. The van der Waals surface area contributed by atoms with Gasteiger partial charge in [-0.05, 0) is 58.1 Å². The number of hydrogen-bond acceptors (Lipinski definition) is 4. The van der Waals surface area contributed by atoms with Gasteiger partial charge in [-0.3, -0.25) is 5.41 Å². The lowest BCUT2D eigenvalue weighted by Crippen LogP contribution is -2.16. The van der Waals surface area contributed by atoms with Crippen LogP contribution >= 0.6 is 39.0 Å². The zero-order valence-corrected chi connectivity index (χ0v) is 17.5. The van der Waals surface area contributed by atoms with Gasteiger partial charge in [0, 0.05) is 19.0 Å². The molecule has 6 heteroatoms. The van der Waals surface area contributed by atoms with Gasteiger partial charge >= 0.3 is 0 Å². The summed E-state index contributed by atoms with van der Waals surface area (Å²) in [4.78, 5) is 3.25. The zero-order chi connectivity index (χ0) is 17.9. The van der Waals surface area contributed by atoms with Crippen LogP contribution in [0, 0.1) is 16.7 Å². The summed E-state index contributed by atoms with van der Waals surface area (Å²) in [5.74, 6) is 0.884. The Morgan fingerprint density at radius 3 is 2.12 bits per heavy atom. The van der Waals surface area contributed by atoms with E-state index in [1.165, 1.54) is 16.6 Å². The first-order valence-electron chi connectivity index (χ1n) is 7.62. The molecule has 0 radical (unpaired) electrons. The summed E-state index contributed by atoms with van der Waals surface area (Å²) in [6, 6.07) is 14.3. The van der Waals surface area contributed by atoms with Crippen LogP contribution < -0.4 is 0 Å². The molecule has 1 heterocycles. The number of fused-ring (bicyclic) bond motifs is 1. The molecular weight excluding hydrogens is 402 g/mol. The van der Waals surface area contributed by atoms with Crippen molar-refractivity contribution in [1.29, 1.82) is 10.8 Å².